The number of piperidine rings is 1. The SMILES string of the molecule is CN(C[C@@H](CCN1CCC(N2CCC(O)CC2)C1)c1ccc(Cl)c(Cl)c1)C(=O)c1cc(C#N)cc2ccccc12. The van der Waals surface area contributed by atoms with Crippen molar-refractivity contribution in [2.24, 2.45) is 0 Å². The van der Waals surface area contributed by atoms with E-state index >= 15 is 0 Å². The van der Waals surface area contributed by atoms with Crippen molar-refractivity contribution >= 4 is 39.9 Å². The van der Waals surface area contributed by atoms with Gasteiger partial charge in [0, 0.05) is 50.7 Å². The third-order valence-electron chi connectivity index (χ3n) is 8.53. The molecule has 1 N–H and O–H groups in total. The molecule has 5 rings (SSSR count). The standard InChI is InChI=1S/C32H36Cl2N4O2/c1-36(32(40)29-17-22(19-35)16-24-4-2-3-5-28(24)29)20-25(23-6-7-30(33)31(34)18-23)8-12-37-13-9-26(21-37)38-14-10-27(39)11-15-38/h2-7,16-18,25-27,39H,8-15,20-21H2,1H3/t25-,26?/m1/s1. The van der Waals surface area contributed by atoms with Gasteiger partial charge in [-0.2, -0.15) is 5.26 Å². The first kappa shape index (κ1) is 28.9. The summed E-state index contributed by atoms with van der Waals surface area (Å²) in [5, 5.41) is 22.2. The Labute approximate surface area is 246 Å². The summed E-state index contributed by atoms with van der Waals surface area (Å²) in [5.74, 6) is -0.0369. The average Bonchev–Trinajstić information content (AvgIpc) is 3.45. The minimum absolute atomic E-state index is 0.0679. The molecule has 0 saturated carbocycles. The van der Waals surface area contributed by atoms with Gasteiger partial charge in [-0.25, -0.2) is 0 Å². The Kier molecular flexibility index (Phi) is 9.30. The van der Waals surface area contributed by atoms with Crippen molar-refractivity contribution in [3.8, 4) is 6.07 Å². The molecule has 1 unspecified atom stereocenters. The highest BCUT2D eigenvalue weighted by Crippen LogP contribution is 2.31. The minimum atomic E-state index is -0.152. The minimum Gasteiger partial charge on any atom is -0.393 e. The highest BCUT2D eigenvalue weighted by molar-refractivity contribution is 6.42. The van der Waals surface area contributed by atoms with E-state index in [1.807, 2.05) is 55.6 Å². The molecule has 0 aliphatic carbocycles. The van der Waals surface area contributed by atoms with Crippen LogP contribution in [0.1, 0.15) is 53.1 Å². The molecule has 3 aromatic carbocycles. The number of aliphatic hydroxyl groups is 1. The molecule has 1 amide bonds. The maximum atomic E-state index is 13.8. The molecule has 0 radical (unpaired) electrons. The zero-order valence-corrected chi connectivity index (χ0v) is 24.4. The van der Waals surface area contributed by atoms with Crippen LogP contribution in [-0.4, -0.2) is 84.2 Å². The van der Waals surface area contributed by atoms with Crippen LogP contribution >= 0.6 is 23.2 Å². The van der Waals surface area contributed by atoms with Crippen LogP contribution < -0.4 is 0 Å². The number of likely N-dealkylation sites (tertiary alicyclic amines) is 2. The summed E-state index contributed by atoms with van der Waals surface area (Å²) in [7, 11) is 1.83. The second kappa shape index (κ2) is 12.9. The maximum Gasteiger partial charge on any atom is 0.254 e. The topological polar surface area (TPSA) is 70.8 Å². The average molecular weight is 580 g/mol. The van der Waals surface area contributed by atoms with Crippen LogP contribution in [-0.2, 0) is 0 Å². The molecular weight excluding hydrogens is 543 g/mol. The number of nitriles is 1. The largest absolute Gasteiger partial charge is 0.393 e. The smallest absolute Gasteiger partial charge is 0.254 e. The van der Waals surface area contributed by atoms with Gasteiger partial charge in [-0.15, -0.1) is 0 Å². The van der Waals surface area contributed by atoms with E-state index in [2.05, 4.69) is 15.9 Å². The number of aliphatic hydroxyl groups excluding tert-OH is 1. The molecule has 2 atom stereocenters. The second-order valence-corrected chi connectivity index (χ2v) is 12.0. The van der Waals surface area contributed by atoms with E-state index in [1.165, 1.54) is 0 Å². The molecule has 0 aromatic heterocycles. The van der Waals surface area contributed by atoms with E-state index < -0.39 is 0 Å². The first-order valence-electron chi connectivity index (χ1n) is 14.1. The van der Waals surface area contributed by atoms with Gasteiger partial charge in [-0.3, -0.25) is 9.69 Å². The third-order valence-corrected chi connectivity index (χ3v) is 9.27. The number of likely N-dealkylation sites (N-methyl/N-ethyl adjacent to an activating group) is 1. The quantitative estimate of drug-likeness (QED) is 0.366. The van der Waals surface area contributed by atoms with Gasteiger partial charge in [0.1, 0.15) is 0 Å². The van der Waals surface area contributed by atoms with E-state index in [-0.39, 0.29) is 17.9 Å². The van der Waals surface area contributed by atoms with Crippen molar-refractivity contribution in [2.45, 2.75) is 43.7 Å². The van der Waals surface area contributed by atoms with Gasteiger partial charge in [-0.05, 0) is 79.4 Å². The van der Waals surface area contributed by atoms with Gasteiger partial charge < -0.3 is 14.9 Å². The molecule has 3 aromatic rings. The Morgan fingerprint density at radius 3 is 2.60 bits per heavy atom. The van der Waals surface area contributed by atoms with Gasteiger partial charge in [0.05, 0.1) is 27.8 Å². The first-order valence-corrected chi connectivity index (χ1v) is 14.9. The normalized spacial score (nSPS) is 19.5. The molecule has 2 saturated heterocycles. The number of carbonyl (C=O) groups is 1. The number of carbonyl (C=O) groups excluding carboxylic acids is 1. The lowest BCUT2D eigenvalue weighted by molar-refractivity contribution is 0.0622. The van der Waals surface area contributed by atoms with Gasteiger partial charge in [-0.1, -0.05) is 53.5 Å². The second-order valence-electron chi connectivity index (χ2n) is 11.2. The number of hydrogen-bond donors (Lipinski definition) is 1. The van der Waals surface area contributed by atoms with Crippen molar-refractivity contribution in [1.82, 2.24) is 14.7 Å². The fraction of sp³-hybridized carbons (Fsp3) is 0.438. The van der Waals surface area contributed by atoms with Gasteiger partial charge in [0.15, 0.2) is 0 Å². The van der Waals surface area contributed by atoms with Crippen molar-refractivity contribution in [3.05, 3.63) is 81.3 Å². The fourth-order valence-corrected chi connectivity index (χ4v) is 6.51. The van der Waals surface area contributed by atoms with Crippen molar-refractivity contribution in [2.75, 3.05) is 46.3 Å². The monoisotopic (exact) mass is 578 g/mol. The summed E-state index contributed by atoms with van der Waals surface area (Å²) in [6, 6.07) is 19.7. The lowest BCUT2D eigenvalue weighted by Crippen LogP contribution is -2.44. The summed E-state index contributed by atoms with van der Waals surface area (Å²) < 4.78 is 0. The van der Waals surface area contributed by atoms with E-state index in [1.54, 1.807) is 11.0 Å². The van der Waals surface area contributed by atoms with Crippen LogP contribution in [0.25, 0.3) is 10.8 Å². The van der Waals surface area contributed by atoms with Gasteiger partial charge in [0.2, 0.25) is 0 Å². The maximum absolute atomic E-state index is 13.8. The van der Waals surface area contributed by atoms with Crippen LogP contribution in [0, 0.1) is 11.3 Å². The Hall–Kier alpha value is -2.66. The summed E-state index contributed by atoms with van der Waals surface area (Å²) >= 11 is 12.7. The number of nitrogens with zero attached hydrogens (tertiary/aromatic N) is 4. The molecule has 2 fully saturated rings. The summed E-state index contributed by atoms with van der Waals surface area (Å²) in [6.07, 6.45) is 3.60. The fourth-order valence-electron chi connectivity index (χ4n) is 6.20. The van der Waals surface area contributed by atoms with Crippen molar-refractivity contribution in [1.29, 1.82) is 5.26 Å². The van der Waals surface area contributed by atoms with Gasteiger partial charge >= 0.3 is 0 Å². The Balaban J connectivity index is 1.31. The highest BCUT2D eigenvalue weighted by Gasteiger charge is 2.31. The molecule has 0 spiro atoms. The van der Waals surface area contributed by atoms with Crippen LogP contribution in [0.3, 0.4) is 0 Å². The summed E-state index contributed by atoms with van der Waals surface area (Å²) in [5.41, 5.74) is 2.08. The van der Waals surface area contributed by atoms with Crippen LogP contribution in [0.4, 0.5) is 0 Å². The number of benzene rings is 3. The molecule has 2 aliphatic rings. The Bertz CT molecular complexity index is 1400. The molecular formula is C32H36Cl2N4O2. The first-order chi connectivity index (χ1) is 19.3. The van der Waals surface area contributed by atoms with Crippen LogP contribution in [0.15, 0.2) is 54.6 Å². The summed E-state index contributed by atoms with van der Waals surface area (Å²) in [6.45, 7) is 5.47. The predicted octanol–water partition coefficient (Wildman–Crippen LogP) is 5.80. The van der Waals surface area contributed by atoms with E-state index in [9.17, 15) is 15.2 Å². The molecule has 210 valence electrons. The lowest BCUT2D eigenvalue weighted by Gasteiger charge is -2.34. The third kappa shape index (κ3) is 6.62. The van der Waals surface area contributed by atoms with Gasteiger partial charge in [0.25, 0.3) is 5.91 Å². The van der Waals surface area contributed by atoms with Crippen LogP contribution in [0.5, 0.6) is 0 Å². The van der Waals surface area contributed by atoms with E-state index in [0.717, 1.165) is 74.7 Å². The number of fused-ring (bicyclic) bond motifs is 1. The molecule has 0 bridgehead atoms. The van der Waals surface area contributed by atoms with E-state index in [0.29, 0.717) is 33.8 Å². The zero-order valence-electron chi connectivity index (χ0n) is 22.9. The van der Waals surface area contributed by atoms with E-state index in [4.69, 9.17) is 23.2 Å². The molecule has 2 aliphatic heterocycles. The highest BCUT2D eigenvalue weighted by atomic mass is 35.5. The lowest BCUT2D eigenvalue weighted by atomic mass is 9.94. The Morgan fingerprint density at radius 2 is 1.85 bits per heavy atom. The molecule has 2 heterocycles. The molecule has 40 heavy (non-hydrogen) atoms. The van der Waals surface area contributed by atoms with Crippen molar-refractivity contribution < 1.29 is 9.90 Å². The molecule has 6 nitrogen and oxygen atoms in total. The van der Waals surface area contributed by atoms with Crippen molar-refractivity contribution in [3.63, 3.8) is 0 Å². The summed E-state index contributed by atoms with van der Waals surface area (Å²) in [4.78, 5) is 20.6. The number of halogens is 2. The number of rotatable bonds is 8. The Morgan fingerprint density at radius 1 is 1.07 bits per heavy atom. The number of hydrogen-bond acceptors (Lipinski definition) is 5. The number of amides is 1. The molecule has 8 heteroatoms. The zero-order chi connectivity index (χ0) is 28.2. The van der Waals surface area contributed by atoms with Crippen LogP contribution in [0.2, 0.25) is 10.0 Å². The predicted molar refractivity (Wildman–Crippen MR) is 161 cm³/mol.